The van der Waals surface area contributed by atoms with Crippen LogP contribution in [-0.2, 0) is 6.18 Å². The first kappa shape index (κ1) is 29.6. The minimum absolute atomic E-state index is 0.0996. The second kappa shape index (κ2) is 11.7. The number of hydrogen-bond donors (Lipinski definition) is 2. The van der Waals surface area contributed by atoms with Gasteiger partial charge in [-0.1, -0.05) is 0 Å². The molecule has 12 heteroatoms. The summed E-state index contributed by atoms with van der Waals surface area (Å²) in [6, 6.07) is 6.88. The summed E-state index contributed by atoms with van der Waals surface area (Å²) in [6.45, 7) is 6.88. The maximum absolute atomic E-state index is 15.7. The third-order valence-corrected chi connectivity index (χ3v) is 8.25. The number of piperidine rings is 1. The highest BCUT2D eigenvalue weighted by molar-refractivity contribution is 6.07. The Morgan fingerprint density at radius 3 is 2.33 bits per heavy atom. The van der Waals surface area contributed by atoms with Crippen molar-refractivity contribution in [2.24, 2.45) is 0 Å². The van der Waals surface area contributed by atoms with Gasteiger partial charge in [-0.2, -0.15) is 13.2 Å². The minimum atomic E-state index is -4.93. The van der Waals surface area contributed by atoms with E-state index in [1.54, 1.807) is 12.3 Å². The molecular weight excluding hydrogens is 552 g/mol. The molecule has 2 aromatic heterocycles. The van der Waals surface area contributed by atoms with E-state index in [4.69, 9.17) is 0 Å². The summed E-state index contributed by atoms with van der Waals surface area (Å²) in [6.07, 6.45) is 0.719. The van der Waals surface area contributed by atoms with E-state index in [0.717, 1.165) is 37.9 Å². The lowest BCUT2D eigenvalue weighted by Crippen LogP contribution is -2.55. The number of carbonyl (C=O) groups is 1. The van der Waals surface area contributed by atoms with E-state index in [1.807, 2.05) is 31.9 Å². The minimum Gasteiger partial charge on any atom is -0.367 e. The number of anilines is 3. The largest absolute Gasteiger partial charge is 0.417 e. The molecule has 224 valence electrons. The molecule has 0 radical (unpaired) electrons. The lowest BCUT2D eigenvalue weighted by Gasteiger charge is -2.44. The number of amides is 1. The molecule has 4 heterocycles. The van der Waals surface area contributed by atoms with E-state index in [2.05, 4.69) is 25.1 Å². The summed E-state index contributed by atoms with van der Waals surface area (Å²) >= 11 is 0. The zero-order valence-corrected chi connectivity index (χ0v) is 23.8. The van der Waals surface area contributed by atoms with Gasteiger partial charge in [-0.25, -0.2) is 9.37 Å². The van der Waals surface area contributed by atoms with Crippen LogP contribution in [0, 0.1) is 5.82 Å². The van der Waals surface area contributed by atoms with Crippen molar-refractivity contribution in [1.29, 1.82) is 0 Å². The van der Waals surface area contributed by atoms with E-state index in [9.17, 15) is 22.8 Å². The molecule has 2 fully saturated rings. The summed E-state index contributed by atoms with van der Waals surface area (Å²) in [5.74, 6) is -0.830. The van der Waals surface area contributed by atoms with Gasteiger partial charge in [0.1, 0.15) is 11.6 Å². The highest BCUT2D eigenvalue weighted by Gasteiger charge is 2.36. The van der Waals surface area contributed by atoms with E-state index >= 15 is 4.39 Å². The average Bonchev–Trinajstić information content (AvgIpc) is 2.96. The van der Waals surface area contributed by atoms with E-state index in [0.29, 0.717) is 30.4 Å². The Kier molecular flexibility index (Phi) is 8.27. The molecule has 1 amide bonds. The molecule has 0 spiro atoms. The number of aromatic amines is 1. The molecule has 2 atom stereocenters. The number of aromatic nitrogens is 2. The quantitative estimate of drug-likeness (QED) is 0.392. The molecular formula is C30H34F4N6O2. The smallest absolute Gasteiger partial charge is 0.367 e. The number of alkyl halides is 3. The highest BCUT2D eigenvalue weighted by Crippen LogP contribution is 2.37. The van der Waals surface area contributed by atoms with Gasteiger partial charge >= 0.3 is 6.18 Å². The Morgan fingerprint density at radius 2 is 1.71 bits per heavy atom. The monoisotopic (exact) mass is 586 g/mol. The Balaban J connectivity index is 1.54. The van der Waals surface area contributed by atoms with Crippen molar-refractivity contribution in [3.05, 3.63) is 70.0 Å². The number of nitrogens with one attached hydrogen (secondary N) is 2. The van der Waals surface area contributed by atoms with Gasteiger partial charge in [-0.3, -0.25) is 14.5 Å². The summed E-state index contributed by atoms with van der Waals surface area (Å²) in [4.78, 5) is 37.9. The van der Waals surface area contributed by atoms with Gasteiger partial charge in [-0.05, 0) is 64.4 Å². The molecule has 2 N–H and O–H groups in total. The van der Waals surface area contributed by atoms with Crippen LogP contribution in [0.15, 0.2) is 47.5 Å². The molecule has 0 unspecified atom stereocenters. The number of halogens is 4. The summed E-state index contributed by atoms with van der Waals surface area (Å²) in [5.41, 5.74) is -1.95. The van der Waals surface area contributed by atoms with Crippen LogP contribution in [0.5, 0.6) is 0 Å². The normalized spacial score (nSPS) is 20.1. The van der Waals surface area contributed by atoms with Crippen molar-refractivity contribution in [3.63, 3.8) is 0 Å². The first-order valence-corrected chi connectivity index (χ1v) is 14.1. The fourth-order valence-electron chi connectivity index (χ4n) is 5.69. The van der Waals surface area contributed by atoms with Gasteiger partial charge in [0.25, 0.3) is 5.91 Å². The molecule has 0 aliphatic carbocycles. The number of pyridine rings is 2. The third kappa shape index (κ3) is 6.13. The summed E-state index contributed by atoms with van der Waals surface area (Å²) in [7, 11) is 1.99. The van der Waals surface area contributed by atoms with Gasteiger partial charge in [-0.15, -0.1) is 0 Å². The Morgan fingerprint density at radius 1 is 1.02 bits per heavy atom. The summed E-state index contributed by atoms with van der Waals surface area (Å²) in [5, 5.41) is 2.59. The third-order valence-electron chi connectivity index (χ3n) is 8.25. The molecule has 2 aliphatic heterocycles. The van der Waals surface area contributed by atoms with Crippen molar-refractivity contribution >= 4 is 23.1 Å². The van der Waals surface area contributed by atoms with Crippen molar-refractivity contribution in [3.8, 4) is 11.1 Å². The number of nitrogens with zero attached hydrogens (tertiary/aromatic N) is 4. The van der Waals surface area contributed by atoms with Gasteiger partial charge in [0.15, 0.2) is 0 Å². The van der Waals surface area contributed by atoms with Crippen LogP contribution in [0.25, 0.3) is 11.1 Å². The van der Waals surface area contributed by atoms with Gasteiger partial charge in [0.05, 0.1) is 22.5 Å². The maximum atomic E-state index is 15.7. The Bertz CT molecular complexity index is 1490. The van der Waals surface area contributed by atoms with E-state index < -0.39 is 34.6 Å². The number of carbonyl (C=O) groups excluding carboxylic acids is 1. The van der Waals surface area contributed by atoms with E-state index in [1.165, 1.54) is 18.6 Å². The Hall–Kier alpha value is -3.93. The van der Waals surface area contributed by atoms with Crippen LogP contribution >= 0.6 is 0 Å². The number of piperazine rings is 1. The number of H-pyrrole nitrogens is 1. The molecule has 5 rings (SSSR count). The predicted octanol–water partition coefficient (Wildman–Crippen LogP) is 5.37. The fraction of sp³-hybridized carbons (Fsp3) is 0.433. The zero-order valence-electron chi connectivity index (χ0n) is 23.8. The van der Waals surface area contributed by atoms with Crippen molar-refractivity contribution in [2.75, 3.05) is 48.3 Å². The second-order valence-corrected chi connectivity index (χ2v) is 11.1. The molecule has 8 nitrogen and oxygen atoms in total. The van der Waals surface area contributed by atoms with Crippen LogP contribution in [0.1, 0.15) is 49.0 Å². The summed E-state index contributed by atoms with van der Waals surface area (Å²) < 4.78 is 56.9. The van der Waals surface area contributed by atoms with Crippen LogP contribution < -0.4 is 20.7 Å². The first-order valence-electron chi connectivity index (χ1n) is 14.1. The number of likely N-dealkylation sites (N-methyl/N-ethyl adjacent to an activating group) is 1. The lowest BCUT2D eigenvalue weighted by molar-refractivity contribution is -0.138. The molecule has 0 bridgehead atoms. The van der Waals surface area contributed by atoms with Crippen molar-refractivity contribution in [1.82, 2.24) is 14.9 Å². The molecule has 42 heavy (non-hydrogen) atoms. The van der Waals surface area contributed by atoms with Gasteiger partial charge in [0, 0.05) is 67.8 Å². The van der Waals surface area contributed by atoms with Crippen LogP contribution in [-0.4, -0.2) is 66.1 Å². The van der Waals surface area contributed by atoms with Gasteiger partial charge in [0.2, 0.25) is 5.56 Å². The predicted molar refractivity (Wildman–Crippen MR) is 155 cm³/mol. The number of rotatable bonds is 5. The van der Waals surface area contributed by atoms with Crippen LogP contribution in [0.4, 0.5) is 34.8 Å². The molecule has 2 saturated heterocycles. The molecule has 2 aliphatic rings. The molecule has 0 saturated carbocycles. The molecule has 3 aromatic rings. The van der Waals surface area contributed by atoms with Crippen molar-refractivity contribution < 1.29 is 22.4 Å². The van der Waals surface area contributed by atoms with Crippen LogP contribution in [0.2, 0.25) is 0 Å². The number of hydrogen-bond acceptors (Lipinski definition) is 6. The second-order valence-electron chi connectivity index (χ2n) is 11.1. The number of benzene rings is 1. The van der Waals surface area contributed by atoms with Crippen molar-refractivity contribution in [2.45, 2.75) is 51.4 Å². The topological polar surface area (TPSA) is 84.6 Å². The average molecular weight is 587 g/mol. The zero-order chi connectivity index (χ0) is 30.2. The lowest BCUT2D eigenvalue weighted by atomic mass is 10.0. The SMILES string of the molecule is C[C@@H]1CN(c2cc(F)c(-c3ccc(N4CCCCC4)nc3)cc2NC(=O)c2c[nH]c(=O)cc2C(F)(F)F)C[C@H](C)N1C. The standard InChI is InChI=1S/C30H34F4N6O2/c1-18-16-40(17-19(2)38(18)3)26-13-24(31)21(20-7-8-27(35-14-20)39-9-5-4-6-10-39)11-25(26)37-29(42)22-15-36-28(41)12-23(22)30(32,33)34/h7-8,11-15,18-19H,4-6,9-10,16-17H2,1-3H3,(H,36,41)(H,37,42)/t18-,19+. The van der Waals surface area contributed by atoms with Gasteiger partial charge < -0.3 is 20.1 Å². The highest BCUT2D eigenvalue weighted by atomic mass is 19.4. The van der Waals surface area contributed by atoms with E-state index in [-0.39, 0.29) is 23.3 Å². The maximum Gasteiger partial charge on any atom is 0.417 e. The van der Waals surface area contributed by atoms with Crippen LogP contribution in [0.3, 0.4) is 0 Å². The first-order chi connectivity index (χ1) is 19.9. The molecule has 1 aromatic carbocycles. The Labute approximate surface area is 241 Å². The fourth-order valence-corrected chi connectivity index (χ4v) is 5.69.